The van der Waals surface area contributed by atoms with Gasteiger partial charge in [0.05, 0.1) is 17.7 Å². The van der Waals surface area contributed by atoms with E-state index in [0.29, 0.717) is 11.4 Å². The lowest BCUT2D eigenvalue weighted by atomic mass is 10.3. The summed E-state index contributed by atoms with van der Waals surface area (Å²) in [4.78, 5) is 0.146. The zero-order valence-electron chi connectivity index (χ0n) is 9.88. The summed E-state index contributed by atoms with van der Waals surface area (Å²) in [6.07, 6.45) is 1.52. The Morgan fingerprint density at radius 2 is 2.18 bits per heavy atom. The van der Waals surface area contributed by atoms with Crippen molar-refractivity contribution >= 4 is 15.7 Å². The van der Waals surface area contributed by atoms with Crippen LogP contribution in [0.3, 0.4) is 0 Å². The van der Waals surface area contributed by atoms with Crippen molar-refractivity contribution in [3.63, 3.8) is 0 Å². The van der Waals surface area contributed by atoms with Gasteiger partial charge < -0.3 is 10.5 Å². The number of rotatable bonds is 5. The lowest BCUT2D eigenvalue weighted by molar-refractivity contribution is 0.415. The topological polar surface area (TPSA) is 72.6 Å². The van der Waals surface area contributed by atoms with Gasteiger partial charge in [-0.15, -0.1) is 6.58 Å². The van der Waals surface area contributed by atoms with Gasteiger partial charge in [0.1, 0.15) is 5.75 Å². The van der Waals surface area contributed by atoms with Crippen molar-refractivity contribution in [3.05, 3.63) is 30.9 Å². The average molecular weight is 256 g/mol. The SMILES string of the molecule is C=CCN(C)S(=O)(=O)c1ccc(N)c(OC)c1. The number of nitrogen functional groups attached to an aromatic ring is 1. The van der Waals surface area contributed by atoms with Crippen LogP contribution in [0.2, 0.25) is 0 Å². The van der Waals surface area contributed by atoms with Crippen molar-refractivity contribution in [2.75, 3.05) is 26.4 Å². The number of hydrogen-bond acceptors (Lipinski definition) is 4. The van der Waals surface area contributed by atoms with Crippen LogP contribution in [0.5, 0.6) is 5.75 Å². The molecule has 0 bridgehead atoms. The molecule has 1 aromatic carbocycles. The second kappa shape index (κ2) is 5.20. The maximum atomic E-state index is 12.1. The molecule has 2 N–H and O–H groups in total. The maximum absolute atomic E-state index is 12.1. The maximum Gasteiger partial charge on any atom is 0.243 e. The van der Waals surface area contributed by atoms with Crippen LogP contribution in [0.25, 0.3) is 0 Å². The fourth-order valence-corrected chi connectivity index (χ4v) is 2.47. The molecule has 1 aromatic rings. The highest BCUT2D eigenvalue weighted by Gasteiger charge is 2.20. The van der Waals surface area contributed by atoms with E-state index >= 15 is 0 Å². The van der Waals surface area contributed by atoms with E-state index in [1.54, 1.807) is 0 Å². The third kappa shape index (κ3) is 2.78. The van der Waals surface area contributed by atoms with Crippen LogP contribution < -0.4 is 10.5 Å². The van der Waals surface area contributed by atoms with Crippen LogP contribution >= 0.6 is 0 Å². The molecule has 0 saturated heterocycles. The second-order valence-corrected chi connectivity index (χ2v) is 5.52. The number of likely N-dealkylation sites (N-methyl/N-ethyl adjacent to an activating group) is 1. The van der Waals surface area contributed by atoms with E-state index in [4.69, 9.17) is 10.5 Å². The van der Waals surface area contributed by atoms with Gasteiger partial charge in [0.25, 0.3) is 0 Å². The molecule has 94 valence electrons. The van der Waals surface area contributed by atoms with Crippen molar-refractivity contribution < 1.29 is 13.2 Å². The van der Waals surface area contributed by atoms with Crippen molar-refractivity contribution in [2.45, 2.75) is 4.90 Å². The fourth-order valence-electron chi connectivity index (χ4n) is 1.31. The normalized spacial score (nSPS) is 11.5. The molecule has 0 heterocycles. The first-order valence-corrected chi connectivity index (χ1v) is 6.38. The molecule has 0 amide bonds. The van der Waals surface area contributed by atoms with Gasteiger partial charge in [-0.25, -0.2) is 8.42 Å². The Hall–Kier alpha value is -1.53. The molecule has 6 heteroatoms. The van der Waals surface area contributed by atoms with E-state index in [1.807, 2.05) is 0 Å². The molecular formula is C11H16N2O3S. The van der Waals surface area contributed by atoms with Gasteiger partial charge in [-0.1, -0.05) is 6.08 Å². The molecule has 0 saturated carbocycles. The molecule has 1 rings (SSSR count). The highest BCUT2D eigenvalue weighted by Crippen LogP contribution is 2.26. The Morgan fingerprint density at radius 1 is 1.53 bits per heavy atom. The Morgan fingerprint density at radius 3 is 2.71 bits per heavy atom. The summed E-state index contributed by atoms with van der Waals surface area (Å²) in [6.45, 7) is 3.75. The van der Waals surface area contributed by atoms with Crippen LogP contribution in [0.4, 0.5) is 5.69 Å². The number of hydrogen-bond donors (Lipinski definition) is 1. The van der Waals surface area contributed by atoms with Crippen molar-refractivity contribution in [1.29, 1.82) is 0 Å². The molecular weight excluding hydrogens is 240 g/mol. The summed E-state index contributed by atoms with van der Waals surface area (Å²) in [5.74, 6) is 0.345. The standard InChI is InChI=1S/C11H16N2O3S/c1-4-7-13(2)17(14,15)9-5-6-10(12)11(8-9)16-3/h4-6,8H,1,7,12H2,2-3H3. The minimum Gasteiger partial charge on any atom is -0.495 e. The lowest BCUT2D eigenvalue weighted by Crippen LogP contribution is -2.27. The van der Waals surface area contributed by atoms with Crippen molar-refractivity contribution in [3.8, 4) is 5.75 Å². The number of nitrogens with zero attached hydrogens (tertiary/aromatic N) is 1. The van der Waals surface area contributed by atoms with Gasteiger partial charge in [0.15, 0.2) is 0 Å². The van der Waals surface area contributed by atoms with Crippen LogP contribution in [0.15, 0.2) is 35.7 Å². The predicted molar refractivity (Wildman–Crippen MR) is 67.4 cm³/mol. The smallest absolute Gasteiger partial charge is 0.243 e. The van der Waals surface area contributed by atoms with Gasteiger partial charge in [0.2, 0.25) is 10.0 Å². The summed E-state index contributed by atoms with van der Waals surface area (Å²) in [5, 5.41) is 0. The summed E-state index contributed by atoms with van der Waals surface area (Å²) < 4.78 is 30.4. The first kappa shape index (κ1) is 13.5. The number of nitrogens with two attached hydrogens (primary N) is 1. The van der Waals surface area contributed by atoms with E-state index < -0.39 is 10.0 Å². The monoisotopic (exact) mass is 256 g/mol. The molecule has 0 fully saturated rings. The van der Waals surface area contributed by atoms with Crippen LogP contribution in [-0.2, 0) is 10.0 Å². The molecule has 0 aliphatic rings. The molecule has 0 atom stereocenters. The summed E-state index contributed by atoms with van der Waals surface area (Å²) in [5.41, 5.74) is 6.03. The lowest BCUT2D eigenvalue weighted by Gasteiger charge is -2.16. The number of benzene rings is 1. The highest BCUT2D eigenvalue weighted by molar-refractivity contribution is 7.89. The van der Waals surface area contributed by atoms with E-state index in [-0.39, 0.29) is 11.4 Å². The number of sulfonamides is 1. The summed E-state index contributed by atoms with van der Waals surface area (Å²) in [7, 11) is -0.598. The third-order valence-corrected chi connectivity index (χ3v) is 4.12. The fraction of sp³-hybridized carbons (Fsp3) is 0.273. The van der Waals surface area contributed by atoms with Crippen LogP contribution in [0.1, 0.15) is 0 Å². The van der Waals surface area contributed by atoms with Gasteiger partial charge in [-0.05, 0) is 12.1 Å². The van der Waals surface area contributed by atoms with Crippen LogP contribution in [-0.4, -0.2) is 33.4 Å². The van der Waals surface area contributed by atoms with Crippen molar-refractivity contribution in [1.82, 2.24) is 4.31 Å². The molecule has 0 aliphatic heterocycles. The third-order valence-electron chi connectivity index (χ3n) is 2.30. The minimum absolute atomic E-state index is 0.146. The van der Waals surface area contributed by atoms with Crippen molar-refractivity contribution in [2.24, 2.45) is 0 Å². The first-order valence-electron chi connectivity index (χ1n) is 4.94. The first-order chi connectivity index (χ1) is 7.93. The predicted octanol–water partition coefficient (Wildman–Crippen LogP) is 1.08. The molecule has 0 radical (unpaired) electrons. The number of anilines is 1. The van der Waals surface area contributed by atoms with E-state index in [1.165, 1.54) is 42.7 Å². The Kier molecular flexibility index (Phi) is 4.14. The second-order valence-electron chi connectivity index (χ2n) is 3.48. The average Bonchev–Trinajstić information content (AvgIpc) is 2.29. The van der Waals surface area contributed by atoms with Gasteiger partial charge in [-0.2, -0.15) is 4.31 Å². The van der Waals surface area contributed by atoms with E-state index in [9.17, 15) is 8.42 Å². The largest absolute Gasteiger partial charge is 0.495 e. The minimum atomic E-state index is -3.52. The Labute approximate surface area is 102 Å². The van der Waals surface area contributed by atoms with E-state index in [0.717, 1.165) is 0 Å². The Balaban J connectivity index is 3.20. The zero-order valence-corrected chi connectivity index (χ0v) is 10.7. The highest BCUT2D eigenvalue weighted by atomic mass is 32.2. The molecule has 17 heavy (non-hydrogen) atoms. The quantitative estimate of drug-likeness (QED) is 0.632. The van der Waals surface area contributed by atoms with Gasteiger partial charge in [0, 0.05) is 19.7 Å². The summed E-state index contributed by atoms with van der Waals surface area (Å²) in [6, 6.07) is 4.37. The molecule has 0 spiro atoms. The molecule has 0 aromatic heterocycles. The van der Waals surface area contributed by atoms with Gasteiger partial charge >= 0.3 is 0 Å². The van der Waals surface area contributed by atoms with Gasteiger partial charge in [-0.3, -0.25) is 0 Å². The summed E-state index contributed by atoms with van der Waals surface area (Å²) >= 11 is 0. The molecule has 0 aliphatic carbocycles. The molecule has 5 nitrogen and oxygen atoms in total. The number of ether oxygens (including phenoxy) is 1. The van der Waals surface area contributed by atoms with E-state index in [2.05, 4.69) is 6.58 Å². The van der Waals surface area contributed by atoms with Crippen LogP contribution in [0, 0.1) is 0 Å². The zero-order chi connectivity index (χ0) is 13.1. The molecule has 0 unspecified atom stereocenters. The number of methoxy groups -OCH3 is 1. The Bertz CT molecular complexity index is 511.